The summed E-state index contributed by atoms with van der Waals surface area (Å²) < 4.78 is 4.96. The van der Waals surface area contributed by atoms with Gasteiger partial charge in [0.1, 0.15) is 0 Å². The van der Waals surface area contributed by atoms with E-state index in [4.69, 9.17) is 4.74 Å². The summed E-state index contributed by atoms with van der Waals surface area (Å²) in [6.45, 7) is 4.09. The Morgan fingerprint density at radius 2 is 2.00 bits per heavy atom. The molecule has 0 saturated carbocycles. The van der Waals surface area contributed by atoms with Gasteiger partial charge in [-0.15, -0.1) is 0 Å². The Bertz CT molecular complexity index is 339. The van der Waals surface area contributed by atoms with Crippen LogP contribution in [-0.4, -0.2) is 12.6 Å². The summed E-state index contributed by atoms with van der Waals surface area (Å²) >= 11 is 0. The Hall–Kier alpha value is -1.57. The first-order valence-corrected chi connectivity index (χ1v) is 5.14. The van der Waals surface area contributed by atoms with Crippen LogP contribution in [0.15, 0.2) is 42.0 Å². The number of carbonyl (C=O) groups excluding carboxylic acids is 1. The lowest BCUT2D eigenvalue weighted by molar-refractivity contribution is -0.138. The normalized spacial score (nSPS) is 11.2. The fourth-order valence-electron chi connectivity index (χ4n) is 1.33. The van der Waals surface area contributed by atoms with Crippen molar-refractivity contribution in [1.82, 2.24) is 0 Å². The second-order valence-electron chi connectivity index (χ2n) is 3.20. The first-order valence-electron chi connectivity index (χ1n) is 5.14. The molecule has 0 heterocycles. The third-order valence-electron chi connectivity index (χ3n) is 2.12. The highest BCUT2D eigenvalue weighted by Crippen LogP contribution is 2.09. The van der Waals surface area contributed by atoms with E-state index in [1.807, 2.05) is 50.3 Å². The Morgan fingerprint density at radius 3 is 2.53 bits per heavy atom. The van der Waals surface area contributed by atoms with Gasteiger partial charge in [-0.3, -0.25) is 0 Å². The first-order chi connectivity index (χ1) is 7.27. The van der Waals surface area contributed by atoms with Crippen LogP contribution in [0.1, 0.15) is 19.4 Å². The van der Waals surface area contributed by atoms with Crippen LogP contribution in [0.3, 0.4) is 0 Å². The van der Waals surface area contributed by atoms with Crippen molar-refractivity contribution in [3.8, 4) is 0 Å². The Kier molecular flexibility index (Phi) is 4.61. The summed E-state index contributed by atoms with van der Waals surface area (Å²) in [6.07, 6.45) is 2.45. The molecule has 0 spiro atoms. The topological polar surface area (TPSA) is 26.3 Å². The molecule has 0 N–H and O–H groups in total. The highest BCUT2D eigenvalue weighted by Gasteiger charge is 2.09. The van der Waals surface area contributed by atoms with Gasteiger partial charge < -0.3 is 4.74 Å². The van der Waals surface area contributed by atoms with Gasteiger partial charge in [0.2, 0.25) is 0 Å². The van der Waals surface area contributed by atoms with Crippen LogP contribution in [0.2, 0.25) is 0 Å². The van der Waals surface area contributed by atoms with Crippen LogP contribution >= 0.6 is 0 Å². The summed E-state index contributed by atoms with van der Waals surface area (Å²) in [5.74, 6) is -0.219. The molecule has 0 aliphatic rings. The number of rotatable bonds is 4. The van der Waals surface area contributed by atoms with E-state index >= 15 is 0 Å². The molecule has 1 rings (SSSR count). The maximum Gasteiger partial charge on any atom is 0.333 e. The molecular weight excluding hydrogens is 188 g/mol. The molecule has 0 aromatic heterocycles. The summed E-state index contributed by atoms with van der Waals surface area (Å²) in [7, 11) is 0. The number of benzene rings is 1. The van der Waals surface area contributed by atoms with Crippen molar-refractivity contribution in [2.45, 2.75) is 20.3 Å². The molecular formula is C13H16O2. The molecule has 0 saturated heterocycles. The van der Waals surface area contributed by atoms with E-state index in [1.54, 1.807) is 0 Å². The van der Waals surface area contributed by atoms with Gasteiger partial charge in [-0.25, -0.2) is 4.79 Å². The van der Waals surface area contributed by atoms with E-state index in [0.29, 0.717) is 18.6 Å². The molecule has 1 aromatic carbocycles. The molecule has 0 bridgehead atoms. The number of hydrogen-bond acceptors (Lipinski definition) is 2. The lowest BCUT2D eigenvalue weighted by atomic mass is 10.1. The molecule has 0 fully saturated rings. The average molecular weight is 204 g/mol. The van der Waals surface area contributed by atoms with Crippen molar-refractivity contribution >= 4 is 5.97 Å². The third-order valence-corrected chi connectivity index (χ3v) is 2.12. The van der Waals surface area contributed by atoms with Gasteiger partial charge in [0.05, 0.1) is 6.61 Å². The van der Waals surface area contributed by atoms with Crippen LogP contribution < -0.4 is 0 Å². The quantitative estimate of drug-likeness (QED) is 0.557. The Labute approximate surface area is 90.6 Å². The number of allylic oxidation sites excluding steroid dienone is 1. The van der Waals surface area contributed by atoms with E-state index in [-0.39, 0.29) is 5.97 Å². The second kappa shape index (κ2) is 6.02. The van der Waals surface area contributed by atoms with Crippen molar-refractivity contribution in [3.05, 3.63) is 47.5 Å². The molecule has 0 amide bonds. The van der Waals surface area contributed by atoms with Gasteiger partial charge in [0, 0.05) is 12.0 Å². The summed E-state index contributed by atoms with van der Waals surface area (Å²) in [6, 6.07) is 9.90. The predicted octanol–water partition coefficient (Wildman–Crippen LogP) is 2.74. The monoisotopic (exact) mass is 204 g/mol. The van der Waals surface area contributed by atoms with Gasteiger partial charge >= 0.3 is 5.97 Å². The number of esters is 1. The molecule has 2 nitrogen and oxygen atoms in total. The SMILES string of the molecule is CC=C(Cc1ccccc1)C(=O)OCC. The van der Waals surface area contributed by atoms with E-state index in [2.05, 4.69) is 0 Å². The van der Waals surface area contributed by atoms with Crippen molar-refractivity contribution in [2.75, 3.05) is 6.61 Å². The van der Waals surface area contributed by atoms with Gasteiger partial charge in [-0.2, -0.15) is 0 Å². The number of ether oxygens (including phenoxy) is 1. The van der Waals surface area contributed by atoms with Crippen molar-refractivity contribution in [2.24, 2.45) is 0 Å². The molecule has 1 aromatic rings. The van der Waals surface area contributed by atoms with Crippen molar-refractivity contribution in [3.63, 3.8) is 0 Å². The smallest absolute Gasteiger partial charge is 0.333 e. The van der Waals surface area contributed by atoms with Gasteiger partial charge in [-0.1, -0.05) is 36.4 Å². The molecule has 0 atom stereocenters. The third kappa shape index (κ3) is 3.58. The zero-order valence-electron chi connectivity index (χ0n) is 9.19. The molecule has 0 radical (unpaired) electrons. The Morgan fingerprint density at radius 1 is 1.33 bits per heavy atom. The first kappa shape index (κ1) is 11.5. The molecule has 80 valence electrons. The highest BCUT2D eigenvalue weighted by atomic mass is 16.5. The molecule has 0 aliphatic carbocycles. The minimum atomic E-state index is -0.219. The standard InChI is InChI=1S/C13H16O2/c1-3-12(13(14)15-4-2)10-11-8-6-5-7-9-11/h3,5-9H,4,10H2,1-2H3. The molecule has 15 heavy (non-hydrogen) atoms. The van der Waals surface area contributed by atoms with Crippen LogP contribution in [0.4, 0.5) is 0 Å². The van der Waals surface area contributed by atoms with Crippen molar-refractivity contribution < 1.29 is 9.53 Å². The molecule has 0 aliphatic heterocycles. The zero-order chi connectivity index (χ0) is 11.1. The van der Waals surface area contributed by atoms with Crippen molar-refractivity contribution in [1.29, 1.82) is 0 Å². The minimum absolute atomic E-state index is 0.219. The predicted molar refractivity (Wildman–Crippen MR) is 60.5 cm³/mol. The van der Waals surface area contributed by atoms with Crippen LogP contribution in [0.5, 0.6) is 0 Å². The lowest BCUT2D eigenvalue weighted by Gasteiger charge is -2.06. The summed E-state index contributed by atoms with van der Waals surface area (Å²) in [5, 5.41) is 0. The van der Waals surface area contributed by atoms with E-state index in [9.17, 15) is 4.79 Å². The summed E-state index contributed by atoms with van der Waals surface area (Å²) in [4.78, 5) is 11.5. The van der Waals surface area contributed by atoms with Gasteiger partial charge in [-0.05, 0) is 19.4 Å². The average Bonchev–Trinajstić information content (AvgIpc) is 2.27. The van der Waals surface area contributed by atoms with Gasteiger partial charge in [0.25, 0.3) is 0 Å². The maximum absolute atomic E-state index is 11.5. The fraction of sp³-hybridized carbons (Fsp3) is 0.308. The molecule has 2 heteroatoms. The van der Waals surface area contributed by atoms with Gasteiger partial charge in [0.15, 0.2) is 0 Å². The van der Waals surface area contributed by atoms with Crippen LogP contribution in [-0.2, 0) is 16.0 Å². The maximum atomic E-state index is 11.5. The van der Waals surface area contributed by atoms with E-state index in [0.717, 1.165) is 5.56 Å². The molecule has 0 unspecified atom stereocenters. The zero-order valence-corrected chi connectivity index (χ0v) is 9.19. The second-order valence-corrected chi connectivity index (χ2v) is 3.20. The number of carbonyl (C=O) groups is 1. The summed E-state index contributed by atoms with van der Waals surface area (Å²) in [5.41, 5.74) is 1.83. The fourth-order valence-corrected chi connectivity index (χ4v) is 1.33. The highest BCUT2D eigenvalue weighted by molar-refractivity contribution is 5.88. The van der Waals surface area contributed by atoms with E-state index in [1.165, 1.54) is 0 Å². The van der Waals surface area contributed by atoms with Crippen LogP contribution in [0.25, 0.3) is 0 Å². The van der Waals surface area contributed by atoms with E-state index < -0.39 is 0 Å². The largest absolute Gasteiger partial charge is 0.463 e. The Balaban J connectivity index is 2.67. The minimum Gasteiger partial charge on any atom is -0.463 e. The van der Waals surface area contributed by atoms with Crippen LogP contribution in [0, 0.1) is 0 Å². The lowest BCUT2D eigenvalue weighted by Crippen LogP contribution is -2.09. The number of hydrogen-bond donors (Lipinski definition) is 0.